The highest BCUT2D eigenvalue weighted by atomic mass is 16.5. The van der Waals surface area contributed by atoms with Gasteiger partial charge in [-0.25, -0.2) is 4.79 Å². The molecule has 1 heterocycles. The minimum absolute atomic E-state index is 0.0224. The molecule has 1 aliphatic carbocycles. The number of anilines is 1. The second kappa shape index (κ2) is 6.13. The number of nitrogens with one attached hydrogen (secondary N) is 2. The monoisotopic (exact) mass is 314 g/mol. The fourth-order valence-corrected chi connectivity index (χ4v) is 3.69. The minimum Gasteiger partial charge on any atom is -0.481 e. The lowest BCUT2D eigenvalue weighted by molar-refractivity contribution is -0.107. The van der Waals surface area contributed by atoms with E-state index in [-0.39, 0.29) is 30.2 Å². The first-order valence-electron chi connectivity index (χ1n) is 7.88. The molecule has 3 atom stereocenters. The first kappa shape index (κ1) is 15.7. The number of terminal acetylenes is 1. The van der Waals surface area contributed by atoms with Gasteiger partial charge in [0, 0.05) is 29.7 Å². The minimum atomic E-state index is -0.189. The first-order valence-corrected chi connectivity index (χ1v) is 7.88. The van der Waals surface area contributed by atoms with Crippen LogP contribution in [-0.2, 0) is 4.74 Å². The zero-order chi connectivity index (χ0) is 16.4. The summed E-state index contributed by atoms with van der Waals surface area (Å²) >= 11 is 0. The van der Waals surface area contributed by atoms with Crippen LogP contribution in [0.15, 0.2) is 24.3 Å². The molecule has 2 amide bonds. The van der Waals surface area contributed by atoms with Gasteiger partial charge in [0.2, 0.25) is 0 Å². The van der Waals surface area contributed by atoms with Crippen LogP contribution >= 0.6 is 0 Å². The number of fused-ring (bicyclic) bond motifs is 1. The number of hydrogen-bond acceptors (Lipinski definition) is 3. The molecule has 0 radical (unpaired) electrons. The zero-order valence-corrected chi connectivity index (χ0v) is 13.5. The quantitative estimate of drug-likeness (QED) is 0.840. The second-order valence-corrected chi connectivity index (χ2v) is 6.66. The summed E-state index contributed by atoms with van der Waals surface area (Å²) < 4.78 is 11.0. The summed E-state index contributed by atoms with van der Waals surface area (Å²) in [5.74, 6) is 3.52. The number of carbonyl (C=O) groups is 1. The van der Waals surface area contributed by atoms with Crippen LogP contribution in [0.25, 0.3) is 0 Å². The molecule has 1 aromatic carbocycles. The Morgan fingerprint density at radius 3 is 2.87 bits per heavy atom. The van der Waals surface area contributed by atoms with Crippen molar-refractivity contribution in [2.45, 2.75) is 32.4 Å². The Morgan fingerprint density at radius 2 is 2.17 bits per heavy atom. The molecule has 1 aliphatic heterocycles. The lowest BCUT2D eigenvalue weighted by atomic mass is 9.57. The van der Waals surface area contributed by atoms with E-state index in [0.717, 1.165) is 13.0 Å². The van der Waals surface area contributed by atoms with Crippen molar-refractivity contribution in [3.8, 4) is 18.1 Å². The van der Waals surface area contributed by atoms with E-state index in [4.69, 9.17) is 15.9 Å². The van der Waals surface area contributed by atoms with Gasteiger partial charge in [-0.2, -0.15) is 0 Å². The molecule has 122 valence electrons. The Kier molecular flexibility index (Phi) is 4.18. The van der Waals surface area contributed by atoms with Crippen molar-refractivity contribution in [2.75, 3.05) is 18.5 Å². The molecule has 0 spiro atoms. The molecule has 23 heavy (non-hydrogen) atoms. The topological polar surface area (TPSA) is 59.6 Å². The molecule has 0 unspecified atom stereocenters. The Balaban J connectivity index is 1.54. The third-order valence-corrected chi connectivity index (χ3v) is 4.82. The van der Waals surface area contributed by atoms with E-state index in [1.165, 1.54) is 0 Å². The summed E-state index contributed by atoms with van der Waals surface area (Å²) in [5.41, 5.74) is 0.692. The third-order valence-electron chi connectivity index (χ3n) is 4.82. The normalized spacial score (nSPS) is 27.3. The number of benzene rings is 1. The smallest absolute Gasteiger partial charge is 0.319 e. The number of rotatable bonds is 4. The molecule has 1 saturated heterocycles. The summed E-state index contributed by atoms with van der Waals surface area (Å²) in [4.78, 5) is 12.2. The van der Waals surface area contributed by atoms with E-state index in [1.54, 1.807) is 24.3 Å². The maximum atomic E-state index is 12.2. The average molecular weight is 314 g/mol. The molecule has 1 aromatic rings. The molecular formula is C18H22N2O3. The van der Waals surface area contributed by atoms with Crippen molar-refractivity contribution < 1.29 is 14.3 Å². The van der Waals surface area contributed by atoms with Gasteiger partial charge in [0.15, 0.2) is 0 Å². The van der Waals surface area contributed by atoms with Crippen LogP contribution in [0, 0.1) is 23.7 Å². The van der Waals surface area contributed by atoms with Crippen molar-refractivity contribution >= 4 is 11.7 Å². The van der Waals surface area contributed by atoms with E-state index in [0.29, 0.717) is 17.4 Å². The third kappa shape index (κ3) is 2.99. The highest BCUT2D eigenvalue weighted by Crippen LogP contribution is 2.52. The molecule has 5 heteroatoms. The van der Waals surface area contributed by atoms with Crippen LogP contribution in [0.5, 0.6) is 5.75 Å². The number of ether oxygens (including phenoxy) is 2. The lowest BCUT2D eigenvalue weighted by Gasteiger charge is -2.54. The summed E-state index contributed by atoms with van der Waals surface area (Å²) in [7, 11) is 0. The molecule has 2 aliphatic rings. The van der Waals surface area contributed by atoms with Gasteiger partial charge in [-0.05, 0) is 30.7 Å². The van der Waals surface area contributed by atoms with E-state index >= 15 is 0 Å². The maximum Gasteiger partial charge on any atom is 0.319 e. The maximum absolute atomic E-state index is 12.2. The zero-order valence-electron chi connectivity index (χ0n) is 13.5. The molecular weight excluding hydrogens is 292 g/mol. The van der Waals surface area contributed by atoms with Gasteiger partial charge in [-0.15, -0.1) is 6.42 Å². The second-order valence-electron chi connectivity index (χ2n) is 6.66. The van der Waals surface area contributed by atoms with Crippen molar-refractivity contribution in [1.29, 1.82) is 0 Å². The number of hydrogen-bond donors (Lipinski definition) is 2. The highest BCUT2D eigenvalue weighted by Gasteiger charge is 2.59. The van der Waals surface area contributed by atoms with Gasteiger partial charge in [-0.3, -0.25) is 0 Å². The van der Waals surface area contributed by atoms with Crippen LogP contribution < -0.4 is 15.4 Å². The van der Waals surface area contributed by atoms with Gasteiger partial charge in [0.05, 0.1) is 6.10 Å². The predicted octanol–water partition coefficient (Wildman–Crippen LogP) is 2.63. The fraction of sp³-hybridized carbons (Fsp3) is 0.500. The molecule has 2 N–H and O–H groups in total. The van der Waals surface area contributed by atoms with Crippen LogP contribution in [0.2, 0.25) is 0 Å². The molecule has 0 bridgehead atoms. The van der Waals surface area contributed by atoms with Crippen LogP contribution in [0.3, 0.4) is 0 Å². The van der Waals surface area contributed by atoms with Crippen LogP contribution in [-0.4, -0.2) is 31.4 Å². The van der Waals surface area contributed by atoms with Gasteiger partial charge in [-0.1, -0.05) is 19.8 Å². The lowest BCUT2D eigenvalue weighted by Crippen LogP contribution is -2.67. The Morgan fingerprint density at radius 1 is 1.43 bits per heavy atom. The summed E-state index contributed by atoms with van der Waals surface area (Å²) in [6.45, 7) is 5.30. The largest absolute Gasteiger partial charge is 0.481 e. The standard InChI is InChI=1S/C18H22N2O3/c1-4-10-22-13-7-5-12(6-8-13)19-17(21)20-15-14-9-11-23-16(14)18(15,2)3/h1,5-8,14-16H,9-11H2,2-3H3,(H2,19,20,21)/t14-,15+,16+/m0/s1. The number of carbonyl (C=O) groups excluding carboxylic acids is 1. The number of amides is 2. The summed E-state index contributed by atoms with van der Waals surface area (Å²) in [6.07, 6.45) is 6.43. The van der Waals surface area contributed by atoms with Gasteiger partial charge < -0.3 is 20.1 Å². The predicted molar refractivity (Wildman–Crippen MR) is 88.3 cm³/mol. The van der Waals surface area contributed by atoms with Gasteiger partial charge in [0.25, 0.3) is 0 Å². The Bertz CT molecular complexity index is 618. The van der Waals surface area contributed by atoms with Gasteiger partial charge in [0.1, 0.15) is 12.4 Å². The average Bonchev–Trinajstić information content (AvgIpc) is 2.99. The molecule has 1 saturated carbocycles. The Labute approximate surface area is 136 Å². The van der Waals surface area contributed by atoms with E-state index in [1.807, 2.05) is 0 Å². The summed E-state index contributed by atoms with van der Waals surface area (Å²) in [5, 5.41) is 5.94. The van der Waals surface area contributed by atoms with E-state index in [2.05, 4.69) is 30.4 Å². The van der Waals surface area contributed by atoms with Crippen LogP contribution in [0.1, 0.15) is 20.3 Å². The molecule has 0 aromatic heterocycles. The highest BCUT2D eigenvalue weighted by molar-refractivity contribution is 5.89. The number of urea groups is 1. The molecule has 5 nitrogen and oxygen atoms in total. The molecule has 3 rings (SSSR count). The molecule has 2 fully saturated rings. The Hall–Kier alpha value is -2.19. The van der Waals surface area contributed by atoms with Crippen molar-refractivity contribution in [3.63, 3.8) is 0 Å². The fourth-order valence-electron chi connectivity index (χ4n) is 3.69. The van der Waals surface area contributed by atoms with Crippen LogP contribution in [0.4, 0.5) is 10.5 Å². The first-order chi connectivity index (χ1) is 11.0. The summed E-state index contributed by atoms with van der Waals surface area (Å²) in [6, 6.07) is 7.10. The van der Waals surface area contributed by atoms with Crippen molar-refractivity contribution in [3.05, 3.63) is 24.3 Å². The van der Waals surface area contributed by atoms with Gasteiger partial charge >= 0.3 is 6.03 Å². The van der Waals surface area contributed by atoms with E-state index in [9.17, 15) is 4.79 Å². The SMILES string of the molecule is C#CCOc1ccc(NC(=O)N[C@@H]2[C@@H]3CCO[C@H]3C2(C)C)cc1. The van der Waals surface area contributed by atoms with Crippen molar-refractivity contribution in [1.82, 2.24) is 5.32 Å². The van der Waals surface area contributed by atoms with E-state index < -0.39 is 0 Å². The van der Waals surface area contributed by atoms with Crippen molar-refractivity contribution in [2.24, 2.45) is 11.3 Å².